The van der Waals surface area contributed by atoms with E-state index in [-0.39, 0.29) is 17.2 Å². The van der Waals surface area contributed by atoms with Gasteiger partial charge in [0, 0.05) is 16.6 Å². The highest BCUT2D eigenvalue weighted by molar-refractivity contribution is 8.00. The monoisotopic (exact) mass is 429 g/mol. The highest BCUT2D eigenvalue weighted by Crippen LogP contribution is 2.25. The fourth-order valence-electron chi connectivity index (χ4n) is 2.83. The SMILES string of the molecule is C[C@H](Sc1nnc(-c2ccc(Cl)cc2)n1N)C(=O)N[C@@H](C)CCc1ccccc1. The van der Waals surface area contributed by atoms with Gasteiger partial charge >= 0.3 is 0 Å². The van der Waals surface area contributed by atoms with Gasteiger partial charge in [0.1, 0.15) is 0 Å². The fourth-order valence-corrected chi connectivity index (χ4v) is 3.73. The van der Waals surface area contributed by atoms with Crippen LogP contribution in [0.25, 0.3) is 11.4 Å². The Morgan fingerprint density at radius 1 is 1.14 bits per heavy atom. The standard InChI is InChI=1S/C21H24ClN5OS/c1-14(8-9-16-6-4-3-5-7-16)24-20(28)15(2)29-21-26-25-19(27(21)23)17-10-12-18(22)13-11-17/h3-7,10-15H,8-9,23H2,1-2H3,(H,24,28)/t14-,15-/m0/s1. The third-order valence-electron chi connectivity index (χ3n) is 4.52. The van der Waals surface area contributed by atoms with E-state index in [0.717, 1.165) is 18.4 Å². The summed E-state index contributed by atoms with van der Waals surface area (Å²) in [5, 5.41) is 12.1. The topological polar surface area (TPSA) is 85.8 Å². The van der Waals surface area contributed by atoms with Crippen molar-refractivity contribution in [1.29, 1.82) is 0 Å². The molecule has 0 aliphatic heterocycles. The van der Waals surface area contributed by atoms with Gasteiger partial charge in [0.05, 0.1) is 5.25 Å². The predicted molar refractivity (Wildman–Crippen MR) is 118 cm³/mol. The maximum Gasteiger partial charge on any atom is 0.233 e. The van der Waals surface area contributed by atoms with Crippen molar-refractivity contribution in [2.75, 3.05) is 5.84 Å². The van der Waals surface area contributed by atoms with Crippen molar-refractivity contribution < 1.29 is 4.79 Å². The molecule has 1 heterocycles. The summed E-state index contributed by atoms with van der Waals surface area (Å²) in [5.74, 6) is 6.61. The summed E-state index contributed by atoms with van der Waals surface area (Å²) in [7, 11) is 0. The van der Waals surface area contributed by atoms with Gasteiger partial charge in [-0.3, -0.25) is 4.79 Å². The number of rotatable bonds is 8. The average molecular weight is 430 g/mol. The molecule has 29 heavy (non-hydrogen) atoms. The molecule has 152 valence electrons. The normalized spacial score (nSPS) is 13.1. The van der Waals surface area contributed by atoms with Crippen LogP contribution in [0.5, 0.6) is 0 Å². The van der Waals surface area contributed by atoms with Crippen LogP contribution in [0.1, 0.15) is 25.8 Å². The smallest absolute Gasteiger partial charge is 0.233 e. The molecule has 3 rings (SSSR count). The van der Waals surface area contributed by atoms with E-state index in [4.69, 9.17) is 17.4 Å². The molecule has 2 atom stereocenters. The molecule has 0 aliphatic rings. The van der Waals surface area contributed by atoms with E-state index in [1.807, 2.05) is 44.2 Å². The van der Waals surface area contributed by atoms with Crippen LogP contribution < -0.4 is 11.2 Å². The first-order valence-corrected chi connectivity index (χ1v) is 10.7. The molecule has 0 radical (unpaired) electrons. The first kappa shape index (κ1) is 21.2. The summed E-state index contributed by atoms with van der Waals surface area (Å²) >= 11 is 7.20. The van der Waals surface area contributed by atoms with Crippen molar-refractivity contribution in [3.63, 3.8) is 0 Å². The Balaban J connectivity index is 1.55. The van der Waals surface area contributed by atoms with Gasteiger partial charge < -0.3 is 11.2 Å². The lowest BCUT2D eigenvalue weighted by Gasteiger charge is -2.17. The second kappa shape index (κ2) is 9.80. The van der Waals surface area contributed by atoms with Crippen molar-refractivity contribution in [2.24, 2.45) is 0 Å². The Bertz CT molecular complexity index is 945. The van der Waals surface area contributed by atoms with Gasteiger partial charge in [-0.05, 0) is 56.5 Å². The maximum atomic E-state index is 12.5. The number of hydrogen-bond acceptors (Lipinski definition) is 5. The molecule has 1 aromatic heterocycles. The largest absolute Gasteiger partial charge is 0.353 e. The highest BCUT2D eigenvalue weighted by Gasteiger charge is 2.21. The number of aryl methyl sites for hydroxylation is 1. The fraction of sp³-hybridized carbons (Fsp3) is 0.286. The van der Waals surface area contributed by atoms with E-state index in [1.54, 1.807) is 12.1 Å². The minimum Gasteiger partial charge on any atom is -0.353 e. The molecule has 0 bridgehead atoms. The lowest BCUT2D eigenvalue weighted by molar-refractivity contribution is -0.120. The van der Waals surface area contributed by atoms with Crippen LogP contribution >= 0.6 is 23.4 Å². The van der Waals surface area contributed by atoms with Gasteiger partial charge in [-0.25, -0.2) is 4.68 Å². The molecule has 1 amide bonds. The number of hydrogen-bond donors (Lipinski definition) is 2. The summed E-state index contributed by atoms with van der Waals surface area (Å²) in [5.41, 5.74) is 2.07. The molecule has 8 heteroatoms. The molecule has 0 saturated carbocycles. The average Bonchev–Trinajstić information content (AvgIpc) is 3.08. The number of carbonyl (C=O) groups is 1. The molecule has 2 aromatic carbocycles. The third-order valence-corrected chi connectivity index (χ3v) is 5.82. The van der Waals surface area contributed by atoms with Gasteiger partial charge in [-0.2, -0.15) is 0 Å². The van der Waals surface area contributed by atoms with Crippen molar-refractivity contribution >= 4 is 29.3 Å². The first-order chi connectivity index (χ1) is 13.9. The second-order valence-electron chi connectivity index (χ2n) is 6.88. The number of amides is 1. The summed E-state index contributed by atoms with van der Waals surface area (Å²) in [6.45, 7) is 3.85. The summed E-state index contributed by atoms with van der Waals surface area (Å²) in [6, 6.07) is 17.5. The molecule has 3 aromatic rings. The number of carbonyl (C=O) groups excluding carboxylic acids is 1. The van der Waals surface area contributed by atoms with Crippen molar-refractivity contribution in [2.45, 2.75) is 43.1 Å². The molecular formula is C21H24ClN5OS. The van der Waals surface area contributed by atoms with E-state index < -0.39 is 0 Å². The number of nitrogens with zero attached hydrogens (tertiary/aromatic N) is 3. The Morgan fingerprint density at radius 2 is 1.83 bits per heavy atom. The van der Waals surface area contributed by atoms with Gasteiger partial charge in [0.25, 0.3) is 0 Å². The number of nitrogens with one attached hydrogen (secondary N) is 1. The lowest BCUT2D eigenvalue weighted by Crippen LogP contribution is -2.38. The number of aromatic nitrogens is 3. The number of benzene rings is 2. The molecule has 6 nitrogen and oxygen atoms in total. The minimum absolute atomic E-state index is 0.0494. The van der Waals surface area contributed by atoms with Crippen LogP contribution in [0.3, 0.4) is 0 Å². The summed E-state index contributed by atoms with van der Waals surface area (Å²) in [4.78, 5) is 12.5. The molecule has 0 spiro atoms. The van der Waals surface area contributed by atoms with Gasteiger partial charge in [-0.1, -0.05) is 53.7 Å². The van der Waals surface area contributed by atoms with E-state index in [1.165, 1.54) is 22.0 Å². The van der Waals surface area contributed by atoms with Crippen LogP contribution in [0.4, 0.5) is 0 Å². The number of halogens is 1. The zero-order chi connectivity index (χ0) is 20.8. The van der Waals surface area contributed by atoms with Crippen LogP contribution in [0.2, 0.25) is 5.02 Å². The van der Waals surface area contributed by atoms with Crippen molar-refractivity contribution in [3.8, 4) is 11.4 Å². The van der Waals surface area contributed by atoms with E-state index >= 15 is 0 Å². The Morgan fingerprint density at radius 3 is 2.52 bits per heavy atom. The molecule has 3 N–H and O–H groups in total. The van der Waals surface area contributed by atoms with Crippen molar-refractivity contribution in [1.82, 2.24) is 20.2 Å². The molecule has 0 fully saturated rings. The Labute approximate surface area is 179 Å². The summed E-state index contributed by atoms with van der Waals surface area (Å²) in [6.07, 6.45) is 1.80. The van der Waals surface area contributed by atoms with Gasteiger partial charge in [-0.15, -0.1) is 10.2 Å². The van der Waals surface area contributed by atoms with Crippen molar-refractivity contribution in [3.05, 3.63) is 65.2 Å². The van der Waals surface area contributed by atoms with E-state index in [9.17, 15) is 4.79 Å². The highest BCUT2D eigenvalue weighted by atomic mass is 35.5. The second-order valence-corrected chi connectivity index (χ2v) is 8.62. The van der Waals surface area contributed by atoms with Crippen LogP contribution in [-0.2, 0) is 11.2 Å². The molecule has 0 unspecified atom stereocenters. The Kier molecular flexibility index (Phi) is 7.17. The summed E-state index contributed by atoms with van der Waals surface area (Å²) < 4.78 is 1.40. The maximum absolute atomic E-state index is 12.5. The quantitative estimate of drug-likeness (QED) is 0.418. The molecular weight excluding hydrogens is 406 g/mol. The molecule has 0 aliphatic carbocycles. The third kappa shape index (κ3) is 5.74. The Hall–Kier alpha value is -2.51. The minimum atomic E-state index is -0.348. The van der Waals surface area contributed by atoms with Gasteiger partial charge in [0.2, 0.25) is 11.1 Å². The zero-order valence-electron chi connectivity index (χ0n) is 16.4. The zero-order valence-corrected chi connectivity index (χ0v) is 18.0. The number of nitrogens with two attached hydrogens (primary N) is 1. The first-order valence-electron chi connectivity index (χ1n) is 9.41. The predicted octanol–water partition coefficient (Wildman–Crippen LogP) is 3.93. The van der Waals surface area contributed by atoms with Crippen LogP contribution in [0, 0.1) is 0 Å². The lowest BCUT2D eigenvalue weighted by atomic mass is 10.1. The van der Waals surface area contributed by atoms with Gasteiger partial charge in [0.15, 0.2) is 5.82 Å². The number of thioether (sulfide) groups is 1. The van der Waals surface area contributed by atoms with E-state index in [0.29, 0.717) is 16.0 Å². The van der Waals surface area contributed by atoms with Crippen LogP contribution in [-0.4, -0.2) is 32.1 Å². The van der Waals surface area contributed by atoms with E-state index in [2.05, 4.69) is 27.6 Å². The van der Waals surface area contributed by atoms with Crippen LogP contribution in [0.15, 0.2) is 59.8 Å². The number of nitrogen functional groups attached to an aromatic ring is 1. The molecule has 0 saturated heterocycles.